The fourth-order valence-electron chi connectivity index (χ4n) is 2.48. The van der Waals surface area contributed by atoms with Gasteiger partial charge in [-0.25, -0.2) is 0 Å². The van der Waals surface area contributed by atoms with Crippen LogP contribution in [-0.4, -0.2) is 29.8 Å². The fourth-order valence-corrected chi connectivity index (χ4v) is 3.33. The Kier molecular flexibility index (Phi) is 7.53. The number of nitrogens with one attached hydrogen (secondary N) is 1. The monoisotopic (exact) mass is 373 g/mol. The zero-order valence-corrected chi connectivity index (χ0v) is 15.7. The van der Waals surface area contributed by atoms with Crippen LogP contribution in [0.1, 0.15) is 24.9 Å². The summed E-state index contributed by atoms with van der Waals surface area (Å²) in [6.45, 7) is 1.60. The van der Waals surface area contributed by atoms with E-state index in [9.17, 15) is 14.7 Å². The molecule has 138 valence electrons. The molecule has 0 heterocycles. The molecule has 0 spiro atoms. The van der Waals surface area contributed by atoms with Gasteiger partial charge in [-0.1, -0.05) is 30.3 Å². The number of carbonyl (C=O) groups excluding carboxylic acids is 1. The predicted molar refractivity (Wildman–Crippen MR) is 102 cm³/mol. The predicted octanol–water partition coefficient (Wildman–Crippen LogP) is 3.76. The molecule has 0 aliphatic heterocycles. The Morgan fingerprint density at radius 1 is 1.12 bits per heavy atom. The Balaban J connectivity index is 1.91. The average molecular weight is 373 g/mol. The van der Waals surface area contributed by atoms with E-state index in [0.717, 1.165) is 16.2 Å². The van der Waals surface area contributed by atoms with E-state index in [2.05, 4.69) is 5.32 Å². The summed E-state index contributed by atoms with van der Waals surface area (Å²) in [6.07, 6.45) is 0.312. The van der Waals surface area contributed by atoms with Gasteiger partial charge in [-0.05, 0) is 36.8 Å². The lowest BCUT2D eigenvalue weighted by Crippen LogP contribution is -2.35. The van der Waals surface area contributed by atoms with Crippen LogP contribution in [0.2, 0.25) is 0 Å². The summed E-state index contributed by atoms with van der Waals surface area (Å²) in [4.78, 5) is 24.7. The van der Waals surface area contributed by atoms with Crippen molar-refractivity contribution in [2.75, 3.05) is 12.9 Å². The Hall–Kier alpha value is -2.47. The van der Waals surface area contributed by atoms with Crippen LogP contribution in [0.25, 0.3) is 0 Å². The first kappa shape index (κ1) is 19.8. The van der Waals surface area contributed by atoms with Gasteiger partial charge < -0.3 is 15.2 Å². The maximum absolute atomic E-state index is 12.3. The molecule has 2 atom stereocenters. The molecular formula is C20H23NO4S. The van der Waals surface area contributed by atoms with E-state index in [1.54, 1.807) is 25.8 Å². The zero-order valence-electron chi connectivity index (χ0n) is 14.8. The molecule has 2 aromatic rings. The van der Waals surface area contributed by atoms with Crippen LogP contribution in [0.3, 0.4) is 0 Å². The highest BCUT2D eigenvalue weighted by Gasteiger charge is 2.26. The molecular weight excluding hydrogens is 350 g/mol. The van der Waals surface area contributed by atoms with Crippen LogP contribution in [-0.2, 0) is 9.59 Å². The lowest BCUT2D eigenvalue weighted by molar-refractivity contribution is -0.142. The van der Waals surface area contributed by atoms with Crippen LogP contribution < -0.4 is 10.1 Å². The highest BCUT2D eigenvalue weighted by atomic mass is 32.2. The Morgan fingerprint density at radius 3 is 2.35 bits per heavy atom. The molecule has 0 aliphatic rings. The summed E-state index contributed by atoms with van der Waals surface area (Å²) in [6, 6.07) is 16.3. The number of carboxylic acids is 1. The number of hydrogen-bond acceptors (Lipinski definition) is 4. The quantitative estimate of drug-likeness (QED) is 0.655. The zero-order chi connectivity index (χ0) is 18.9. The van der Waals surface area contributed by atoms with Crippen molar-refractivity contribution < 1.29 is 19.4 Å². The molecule has 0 aliphatic carbocycles. The number of carbonyl (C=O) groups is 2. The van der Waals surface area contributed by atoms with Gasteiger partial charge in [-0.2, -0.15) is 0 Å². The topological polar surface area (TPSA) is 75.6 Å². The van der Waals surface area contributed by atoms with Crippen LogP contribution in [0.5, 0.6) is 5.75 Å². The second-order valence-electron chi connectivity index (χ2n) is 5.86. The lowest BCUT2D eigenvalue weighted by atomic mass is 9.94. The first-order valence-corrected chi connectivity index (χ1v) is 9.33. The molecule has 0 saturated carbocycles. The van der Waals surface area contributed by atoms with Crippen molar-refractivity contribution in [3.05, 3.63) is 60.2 Å². The van der Waals surface area contributed by atoms with Crippen molar-refractivity contribution in [3.63, 3.8) is 0 Å². The van der Waals surface area contributed by atoms with Gasteiger partial charge in [0.1, 0.15) is 5.75 Å². The van der Waals surface area contributed by atoms with Gasteiger partial charge in [0.25, 0.3) is 0 Å². The smallest absolute Gasteiger partial charge is 0.308 e. The van der Waals surface area contributed by atoms with Crippen LogP contribution in [0.15, 0.2) is 59.5 Å². The summed E-state index contributed by atoms with van der Waals surface area (Å²) in [5, 5.41) is 12.2. The van der Waals surface area contributed by atoms with E-state index in [-0.39, 0.29) is 5.91 Å². The van der Waals surface area contributed by atoms with Crippen molar-refractivity contribution in [2.24, 2.45) is 5.92 Å². The number of rotatable bonds is 9. The molecule has 1 amide bonds. The Labute approximate surface area is 157 Å². The molecule has 5 nitrogen and oxygen atoms in total. The molecule has 2 aromatic carbocycles. The van der Waals surface area contributed by atoms with Crippen LogP contribution in [0.4, 0.5) is 0 Å². The molecule has 0 saturated heterocycles. The summed E-state index contributed by atoms with van der Waals surface area (Å²) >= 11 is 1.57. The minimum Gasteiger partial charge on any atom is -0.497 e. The van der Waals surface area contributed by atoms with Gasteiger partial charge in [0.05, 0.1) is 19.1 Å². The number of aliphatic carboxylic acids is 1. The summed E-state index contributed by atoms with van der Waals surface area (Å²) < 4.78 is 5.12. The maximum Gasteiger partial charge on any atom is 0.308 e. The van der Waals surface area contributed by atoms with Gasteiger partial charge >= 0.3 is 5.97 Å². The van der Waals surface area contributed by atoms with Crippen molar-refractivity contribution in [3.8, 4) is 5.75 Å². The average Bonchev–Trinajstić information content (AvgIpc) is 2.66. The summed E-state index contributed by atoms with van der Waals surface area (Å²) in [5.74, 6) is -0.406. The number of ether oxygens (including phenoxy) is 1. The SMILES string of the molecule is COc1ccc(SCCC(=O)NC(c2ccccc2)C(C)C(=O)O)cc1. The number of amides is 1. The minimum atomic E-state index is -0.938. The van der Waals surface area contributed by atoms with Crippen LogP contribution >= 0.6 is 11.8 Å². The van der Waals surface area contributed by atoms with E-state index in [1.807, 2.05) is 54.6 Å². The van der Waals surface area contributed by atoms with E-state index in [4.69, 9.17) is 4.74 Å². The molecule has 2 unspecified atom stereocenters. The molecule has 2 N–H and O–H groups in total. The number of hydrogen-bond donors (Lipinski definition) is 2. The molecule has 0 bridgehead atoms. The van der Waals surface area contributed by atoms with E-state index >= 15 is 0 Å². The third-order valence-corrected chi connectivity index (χ3v) is 5.04. The van der Waals surface area contributed by atoms with Gasteiger partial charge in [-0.3, -0.25) is 9.59 Å². The lowest BCUT2D eigenvalue weighted by Gasteiger charge is -2.23. The highest BCUT2D eigenvalue weighted by molar-refractivity contribution is 7.99. The van der Waals surface area contributed by atoms with Gasteiger partial charge in [0.15, 0.2) is 0 Å². The fraction of sp³-hybridized carbons (Fsp3) is 0.300. The Bertz CT molecular complexity index is 718. The van der Waals surface area contributed by atoms with Crippen molar-refractivity contribution in [1.82, 2.24) is 5.32 Å². The minimum absolute atomic E-state index is 0.159. The molecule has 0 radical (unpaired) electrons. The van der Waals surface area contributed by atoms with Crippen molar-refractivity contribution in [1.29, 1.82) is 0 Å². The molecule has 6 heteroatoms. The van der Waals surface area contributed by atoms with Gasteiger partial charge in [0.2, 0.25) is 5.91 Å². The highest BCUT2D eigenvalue weighted by Crippen LogP contribution is 2.24. The van der Waals surface area contributed by atoms with E-state index in [0.29, 0.717) is 12.2 Å². The second-order valence-corrected chi connectivity index (χ2v) is 7.03. The van der Waals surface area contributed by atoms with Crippen LogP contribution in [0, 0.1) is 5.92 Å². The first-order valence-electron chi connectivity index (χ1n) is 8.35. The summed E-state index contributed by atoms with van der Waals surface area (Å²) in [5.41, 5.74) is 0.790. The second kappa shape index (κ2) is 9.87. The summed E-state index contributed by atoms with van der Waals surface area (Å²) in [7, 11) is 1.62. The number of methoxy groups -OCH3 is 1. The third kappa shape index (κ3) is 5.81. The maximum atomic E-state index is 12.3. The largest absolute Gasteiger partial charge is 0.497 e. The van der Waals surface area contributed by atoms with Gasteiger partial charge in [0, 0.05) is 17.1 Å². The number of thioether (sulfide) groups is 1. The molecule has 0 fully saturated rings. The standard InChI is InChI=1S/C20H23NO4S/c1-14(20(23)24)19(15-6-4-3-5-7-15)21-18(22)12-13-26-17-10-8-16(25-2)9-11-17/h3-11,14,19H,12-13H2,1-2H3,(H,21,22)(H,23,24). The van der Waals surface area contributed by atoms with Gasteiger partial charge in [-0.15, -0.1) is 11.8 Å². The van der Waals surface area contributed by atoms with E-state index in [1.165, 1.54) is 0 Å². The third-order valence-electron chi connectivity index (χ3n) is 4.02. The number of carboxylic acid groups (broad SMARTS) is 1. The molecule has 0 aromatic heterocycles. The van der Waals surface area contributed by atoms with E-state index < -0.39 is 17.9 Å². The molecule has 2 rings (SSSR count). The normalized spacial score (nSPS) is 12.8. The number of benzene rings is 2. The van der Waals surface area contributed by atoms with Crippen molar-refractivity contribution in [2.45, 2.75) is 24.3 Å². The molecule has 26 heavy (non-hydrogen) atoms. The first-order chi connectivity index (χ1) is 12.5. The Morgan fingerprint density at radius 2 is 1.77 bits per heavy atom. The van der Waals surface area contributed by atoms with Crippen molar-refractivity contribution >= 4 is 23.6 Å².